The van der Waals surface area contributed by atoms with Gasteiger partial charge in [0.05, 0.1) is 0 Å². The molecule has 0 N–H and O–H groups in total. The monoisotopic (exact) mass is 415 g/mol. The van der Waals surface area contributed by atoms with E-state index in [1.807, 2.05) is 50.9 Å². The van der Waals surface area contributed by atoms with Gasteiger partial charge in [0.1, 0.15) is 11.6 Å². The maximum absolute atomic E-state index is 13.5. The largest absolute Gasteiger partial charge is 0.444 e. The molecule has 6 nitrogen and oxygen atoms in total. The zero-order chi connectivity index (χ0) is 21.7. The molecule has 166 valence electrons. The Bertz CT molecular complexity index is 702. The van der Waals surface area contributed by atoms with Crippen LogP contribution >= 0.6 is 0 Å². The fourth-order valence-corrected chi connectivity index (χ4v) is 4.45. The molecule has 2 saturated heterocycles. The van der Waals surface area contributed by atoms with Crippen LogP contribution in [0.4, 0.5) is 4.79 Å². The summed E-state index contributed by atoms with van der Waals surface area (Å²) in [6.45, 7) is 8.96. The van der Waals surface area contributed by atoms with Crippen LogP contribution in [0.2, 0.25) is 0 Å². The standard InChI is InChI=1S/C24H37N3O3/c1-24(2,3)30-23(29)25(4)20-13-17-26(18-14-20)21(19-11-7-5-8-12-19)22(28)27-15-9-6-10-16-27/h5,7-8,11-12,20-21H,6,9-10,13-18H2,1-4H3. The Labute approximate surface area is 181 Å². The molecule has 0 aliphatic carbocycles. The molecule has 2 aliphatic rings. The molecule has 0 spiro atoms. The maximum Gasteiger partial charge on any atom is 0.410 e. The van der Waals surface area contributed by atoms with Crippen LogP contribution < -0.4 is 0 Å². The van der Waals surface area contributed by atoms with E-state index in [-0.39, 0.29) is 24.1 Å². The Morgan fingerprint density at radius 2 is 1.60 bits per heavy atom. The number of hydrogen-bond donors (Lipinski definition) is 0. The average molecular weight is 416 g/mol. The van der Waals surface area contributed by atoms with Crippen molar-refractivity contribution in [3.05, 3.63) is 35.9 Å². The van der Waals surface area contributed by atoms with Crippen molar-refractivity contribution >= 4 is 12.0 Å². The van der Waals surface area contributed by atoms with Gasteiger partial charge < -0.3 is 14.5 Å². The Kier molecular flexibility index (Phi) is 7.40. The first-order valence-corrected chi connectivity index (χ1v) is 11.3. The highest BCUT2D eigenvalue weighted by Gasteiger charge is 2.36. The molecule has 2 amide bonds. The van der Waals surface area contributed by atoms with Gasteiger partial charge in [-0.1, -0.05) is 30.3 Å². The number of carbonyl (C=O) groups is 2. The maximum atomic E-state index is 13.5. The first-order valence-electron chi connectivity index (χ1n) is 11.3. The summed E-state index contributed by atoms with van der Waals surface area (Å²) in [4.78, 5) is 32.0. The van der Waals surface area contributed by atoms with Crippen molar-refractivity contribution in [2.24, 2.45) is 0 Å². The van der Waals surface area contributed by atoms with Gasteiger partial charge in [0, 0.05) is 39.3 Å². The highest BCUT2D eigenvalue weighted by Crippen LogP contribution is 2.29. The number of ether oxygens (including phenoxy) is 1. The van der Waals surface area contributed by atoms with Crippen LogP contribution in [-0.2, 0) is 9.53 Å². The van der Waals surface area contributed by atoms with Gasteiger partial charge in [-0.15, -0.1) is 0 Å². The number of piperidine rings is 2. The summed E-state index contributed by atoms with van der Waals surface area (Å²) in [7, 11) is 1.82. The van der Waals surface area contributed by atoms with E-state index >= 15 is 0 Å². The van der Waals surface area contributed by atoms with E-state index in [1.54, 1.807) is 4.90 Å². The molecule has 2 fully saturated rings. The number of nitrogens with zero attached hydrogens (tertiary/aromatic N) is 3. The van der Waals surface area contributed by atoms with E-state index in [4.69, 9.17) is 4.74 Å². The second kappa shape index (κ2) is 9.82. The Morgan fingerprint density at radius 3 is 2.17 bits per heavy atom. The summed E-state index contributed by atoms with van der Waals surface area (Å²) in [6, 6.07) is 10.0. The van der Waals surface area contributed by atoms with E-state index in [2.05, 4.69) is 17.0 Å². The van der Waals surface area contributed by atoms with Gasteiger partial charge in [-0.3, -0.25) is 9.69 Å². The third-order valence-corrected chi connectivity index (χ3v) is 6.11. The summed E-state index contributed by atoms with van der Waals surface area (Å²) in [5.74, 6) is 0.222. The molecule has 1 unspecified atom stereocenters. The lowest BCUT2D eigenvalue weighted by molar-refractivity contribution is -0.139. The van der Waals surface area contributed by atoms with Crippen molar-refractivity contribution in [1.82, 2.24) is 14.7 Å². The molecule has 30 heavy (non-hydrogen) atoms. The van der Waals surface area contributed by atoms with E-state index in [0.29, 0.717) is 0 Å². The van der Waals surface area contributed by atoms with Crippen molar-refractivity contribution in [2.45, 2.75) is 70.6 Å². The van der Waals surface area contributed by atoms with Crippen molar-refractivity contribution in [2.75, 3.05) is 33.2 Å². The number of hydrogen-bond acceptors (Lipinski definition) is 4. The molecule has 2 heterocycles. The Morgan fingerprint density at radius 1 is 1.00 bits per heavy atom. The molecule has 1 aromatic rings. The smallest absolute Gasteiger partial charge is 0.410 e. The van der Waals surface area contributed by atoms with Gasteiger partial charge in [0.25, 0.3) is 0 Å². The van der Waals surface area contributed by atoms with E-state index in [0.717, 1.165) is 57.4 Å². The minimum Gasteiger partial charge on any atom is -0.444 e. The number of carbonyl (C=O) groups excluding carboxylic acids is 2. The van der Waals surface area contributed by atoms with E-state index < -0.39 is 5.60 Å². The zero-order valence-electron chi connectivity index (χ0n) is 19.0. The number of likely N-dealkylation sites (tertiary alicyclic amines) is 2. The summed E-state index contributed by atoms with van der Waals surface area (Å²) < 4.78 is 5.53. The molecule has 3 rings (SSSR count). The lowest BCUT2D eigenvalue weighted by Crippen LogP contribution is -2.51. The SMILES string of the molecule is CN(C(=O)OC(C)(C)C)C1CCN(C(C(=O)N2CCCCC2)c2ccccc2)CC1. The first kappa shape index (κ1) is 22.6. The van der Waals surface area contributed by atoms with Gasteiger partial charge in [-0.05, 0) is 58.4 Å². The van der Waals surface area contributed by atoms with Gasteiger partial charge in [-0.2, -0.15) is 0 Å². The topological polar surface area (TPSA) is 53.1 Å². The molecular formula is C24H37N3O3. The number of benzene rings is 1. The highest BCUT2D eigenvalue weighted by molar-refractivity contribution is 5.83. The average Bonchev–Trinajstić information content (AvgIpc) is 2.74. The third kappa shape index (κ3) is 5.75. The minimum atomic E-state index is -0.495. The molecule has 0 radical (unpaired) electrons. The van der Waals surface area contributed by atoms with Crippen molar-refractivity contribution in [1.29, 1.82) is 0 Å². The lowest BCUT2D eigenvalue weighted by Gasteiger charge is -2.41. The fourth-order valence-electron chi connectivity index (χ4n) is 4.45. The second-order valence-corrected chi connectivity index (χ2v) is 9.56. The Balaban J connectivity index is 1.68. The highest BCUT2D eigenvalue weighted by atomic mass is 16.6. The summed E-state index contributed by atoms with van der Waals surface area (Å²) in [5.41, 5.74) is 0.567. The van der Waals surface area contributed by atoms with Crippen LogP contribution in [0.3, 0.4) is 0 Å². The normalized spacial score (nSPS) is 19.9. The third-order valence-electron chi connectivity index (χ3n) is 6.11. The minimum absolute atomic E-state index is 0.137. The molecule has 1 atom stereocenters. The predicted molar refractivity (Wildman–Crippen MR) is 118 cm³/mol. The zero-order valence-corrected chi connectivity index (χ0v) is 19.0. The summed E-state index contributed by atoms with van der Waals surface area (Å²) in [5, 5.41) is 0. The van der Waals surface area contributed by atoms with Crippen molar-refractivity contribution in [3.63, 3.8) is 0 Å². The van der Waals surface area contributed by atoms with Crippen LogP contribution in [0.5, 0.6) is 0 Å². The first-order chi connectivity index (χ1) is 14.3. The van der Waals surface area contributed by atoms with E-state index in [1.165, 1.54) is 6.42 Å². The van der Waals surface area contributed by atoms with Gasteiger partial charge in [-0.25, -0.2) is 4.79 Å². The van der Waals surface area contributed by atoms with Crippen molar-refractivity contribution < 1.29 is 14.3 Å². The van der Waals surface area contributed by atoms with E-state index in [9.17, 15) is 9.59 Å². The van der Waals surface area contributed by atoms with Crippen LogP contribution in [0.15, 0.2) is 30.3 Å². The van der Waals surface area contributed by atoms with Crippen LogP contribution in [0.25, 0.3) is 0 Å². The quantitative estimate of drug-likeness (QED) is 0.744. The molecule has 0 aromatic heterocycles. The molecule has 0 bridgehead atoms. The van der Waals surface area contributed by atoms with Gasteiger partial charge >= 0.3 is 6.09 Å². The van der Waals surface area contributed by atoms with Crippen LogP contribution in [0, 0.1) is 0 Å². The number of amides is 2. The molecule has 0 saturated carbocycles. The van der Waals surface area contributed by atoms with Crippen molar-refractivity contribution in [3.8, 4) is 0 Å². The predicted octanol–water partition coefficient (Wildman–Crippen LogP) is 4.07. The van der Waals surface area contributed by atoms with Gasteiger partial charge in [0.2, 0.25) is 5.91 Å². The summed E-state index contributed by atoms with van der Waals surface area (Å²) in [6.07, 6.45) is 4.80. The summed E-state index contributed by atoms with van der Waals surface area (Å²) >= 11 is 0. The Hall–Kier alpha value is -2.08. The second-order valence-electron chi connectivity index (χ2n) is 9.56. The van der Waals surface area contributed by atoms with Gasteiger partial charge in [0.15, 0.2) is 0 Å². The molecule has 1 aromatic carbocycles. The molecule has 6 heteroatoms. The van der Waals surface area contributed by atoms with Crippen LogP contribution in [-0.4, -0.2) is 71.6 Å². The molecular weight excluding hydrogens is 378 g/mol. The molecule has 2 aliphatic heterocycles. The lowest BCUT2D eigenvalue weighted by atomic mass is 9.97. The number of rotatable bonds is 4. The van der Waals surface area contributed by atoms with Crippen LogP contribution in [0.1, 0.15) is 64.5 Å². The fraction of sp³-hybridized carbons (Fsp3) is 0.667.